The fraction of sp³-hybridized carbons (Fsp3) is 0.400. The van der Waals surface area contributed by atoms with E-state index in [0.29, 0.717) is 6.42 Å². The minimum absolute atomic E-state index is 0.0486. The molecule has 2 amide bonds. The first kappa shape index (κ1) is 19.7. The van der Waals surface area contributed by atoms with Crippen LogP contribution in [0.25, 0.3) is 0 Å². The third-order valence-electron chi connectivity index (χ3n) is 3.89. The molecular weight excluding hydrogens is 335 g/mol. The minimum Gasteiger partial charge on any atom is -0.459 e. The maximum atomic E-state index is 13.2. The molecule has 1 aromatic carbocycles. The quantitative estimate of drug-likeness (QED) is 0.822. The summed E-state index contributed by atoms with van der Waals surface area (Å²) in [5.74, 6) is -0.946. The molecule has 1 heterocycles. The highest BCUT2D eigenvalue weighted by Gasteiger charge is 2.25. The molecule has 0 fully saturated rings. The van der Waals surface area contributed by atoms with Crippen LogP contribution in [0.5, 0.6) is 0 Å². The molecule has 1 aromatic heterocycles. The molecule has 0 bridgehead atoms. The molecule has 26 heavy (non-hydrogen) atoms. The van der Waals surface area contributed by atoms with Gasteiger partial charge in [0.05, 0.1) is 12.3 Å². The predicted octanol–water partition coefficient (Wildman–Crippen LogP) is 3.83. The number of carbonyl (C=O) groups excluding carboxylic acids is 2. The number of carbonyl (C=O) groups is 2. The van der Waals surface area contributed by atoms with E-state index < -0.39 is 11.9 Å². The van der Waals surface area contributed by atoms with Crippen LogP contribution in [0.1, 0.15) is 56.3 Å². The fourth-order valence-corrected chi connectivity index (χ4v) is 2.60. The Hall–Kier alpha value is -2.63. The number of amides is 2. The standard InChI is InChI=1S/C20H25FN2O3/c1-13(22-19(25)17-6-5-11-26-17)18(24)23-16(12-20(2,3)4)14-7-9-15(21)10-8-14/h5-11,13,16H,12H2,1-4H3,(H,22,25)(H,23,24)/t13-,16-/m0/s1. The Balaban J connectivity index is 2.07. The van der Waals surface area contributed by atoms with Gasteiger partial charge in [0.15, 0.2) is 5.76 Å². The summed E-state index contributed by atoms with van der Waals surface area (Å²) in [6, 6.07) is 8.19. The molecule has 0 spiro atoms. The van der Waals surface area contributed by atoms with E-state index in [1.165, 1.54) is 24.5 Å². The zero-order valence-corrected chi connectivity index (χ0v) is 15.5. The third-order valence-corrected chi connectivity index (χ3v) is 3.89. The SMILES string of the molecule is C[C@H](NC(=O)c1ccco1)C(=O)N[C@@H](CC(C)(C)C)c1ccc(F)cc1. The number of hydrogen-bond donors (Lipinski definition) is 2. The zero-order valence-electron chi connectivity index (χ0n) is 15.5. The van der Waals surface area contributed by atoms with Gasteiger partial charge in [0.1, 0.15) is 11.9 Å². The van der Waals surface area contributed by atoms with Crippen molar-refractivity contribution in [3.63, 3.8) is 0 Å². The molecule has 140 valence electrons. The Morgan fingerprint density at radius 1 is 1.12 bits per heavy atom. The second-order valence-electron chi connectivity index (χ2n) is 7.55. The number of rotatable bonds is 6. The summed E-state index contributed by atoms with van der Waals surface area (Å²) in [6.45, 7) is 7.81. The van der Waals surface area contributed by atoms with Crippen LogP contribution in [-0.4, -0.2) is 17.9 Å². The van der Waals surface area contributed by atoms with E-state index in [0.717, 1.165) is 5.56 Å². The molecule has 2 N–H and O–H groups in total. The van der Waals surface area contributed by atoms with Gasteiger partial charge < -0.3 is 15.1 Å². The van der Waals surface area contributed by atoms with Crippen molar-refractivity contribution in [3.05, 3.63) is 59.8 Å². The molecule has 2 rings (SSSR count). The number of benzene rings is 1. The topological polar surface area (TPSA) is 71.3 Å². The maximum Gasteiger partial charge on any atom is 0.287 e. The second kappa shape index (κ2) is 8.17. The van der Waals surface area contributed by atoms with Crippen molar-refractivity contribution in [1.29, 1.82) is 0 Å². The average Bonchev–Trinajstić information content (AvgIpc) is 3.08. The van der Waals surface area contributed by atoms with Crippen molar-refractivity contribution >= 4 is 11.8 Å². The van der Waals surface area contributed by atoms with Gasteiger partial charge in [-0.1, -0.05) is 32.9 Å². The number of furan rings is 1. The summed E-state index contributed by atoms with van der Waals surface area (Å²) in [7, 11) is 0. The van der Waals surface area contributed by atoms with Gasteiger partial charge in [0.2, 0.25) is 5.91 Å². The molecular formula is C20H25FN2O3. The number of nitrogens with one attached hydrogen (secondary N) is 2. The van der Waals surface area contributed by atoms with Crippen LogP contribution in [0, 0.1) is 11.2 Å². The summed E-state index contributed by atoms with van der Waals surface area (Å²) in [5.41, 5.74) is 0.770. The van der Waals surface area contributed by atoms with Crippen molar-refractivity contribution < 1.29 is 18.4 Å². The Morgan fingerprint density at radius 2 is 1.77 bits per heavy atom. The van der Waals surface area contributed by atoms with Crippen molar-refractivity contribution in [2.24, 2.45) is 5.41 Å². The molecule has 2 atom stereocenters. The van der Waals surface area contributed by atoms with E-state index in [4.69, 9.17) is 4.42 Å². The lowest BCUT2D eigenvalue weighted by atomic mass is 9.85. The molecule has 6 heteroatoms. The Labute approximate surface area is 153 Å². The van der Waals surface area contributed by atoms with Crippen LogP contribution in [0.15, 0.2) is 47.1 Å². The highest BCUT2D eigenvalue weighted by Crippen LogP contribution is 2.29. The predicted molar refractivity (Wildman–Crippen MR) is 97.0 cm³/mol. The van der Waals surface area contributed by atoms with E-state index in [9.17, 15) is 14.0 Å². The van der Waals surface area contributed by atoms with Crippen LogP contribution in [-0.2, 0) is 4.79 Å². The van der Waals surface area contributed by atoms with Gasteiger partial charge in [0, 0.05) is 0 Å². The monoisotopic (exact) mass is 360 g/mol. The largest absolute Gasteiger partial charge is 0.459 e. The Kier molecular flexibility index (Phi) is 6.18. The van der Waals surface area contributed by atoms with E-state index in [2.05, 4.69) is 31.4 Å². The molecule has 0 aliphatic carbocycles. The van der Waals surface area contributed by atoms with Crippen LogP contribution in [0.4, 0.5) is 4.39 Å². The molecule has 0 saturated carbocycles. The van der Waals surface area contributed by atoms with Crippen molar-refractivity contribution in [2.75, 3.05) is 0 Å². The van der Waals surface area contributed by atoms with Crippen molar-refractivity contribution in [2.45, 2.75) is 46.2 Å². The van der Waals surface area contributed by atoms with Gasteiger partial charge in [-0.2, -0.15) is 0 Å². The maximum absolute atomic E-state index is 13.2. The normalized spacial score (nSPS) is 13.7. The summed E-state index contributed by atoms with van der Waals surface area (Å²) < 4.78 is 18.2. The summed E-state index contributed by atoms with van der Waals surface area (Å²) >= 11 is 0. The number of hydrogen-bond acceptors (Lipinski definition) is 3. The molecule has 0 radical (unpaired) electrons. The zero-order chi connectivity index (χ0) is 19.3. The van der Waals surface area contributed by atoms with E-state index in [1.807, 2.05) is 0 Å². The highest BCUT2D eigenvalue weighted by molar-refractivity contribution is 5.95. The second-order valence-corrected chi connectivity index (χ2v) is 7.55. The van der Waals surface area contributed by atoms with Gasteiger partial charge in [-0.25, -0.2) is 4.39 Å². The third kappa shape index (κ3) is 5.72. The number of halogens is 1. The van der Waals surface area contributed by atoms with E-state index >= 15 is 0 Å². The molecule has 0 unspecified atom stereocenters. The Bertz CT molecular complexity index is 733. The minimum atomic E-state index is -0.740. The first-order valence-corrected chi connectivity index (χ1v) is 8.56. The lowest BCUT2D eigenvalue weighted by Gasteiger charge is -2.28. The Morgan fingerprint density at radius 3 is 2.31 bits per heavy atom. The molecule has 0 aliphatic heterocycles. The summed E-state index contributed by atoms with van der Waals surface area (Å²) in [5, 5.41) is 5.56. The van der Waals surface area contributed by atoms with Gasteiger partial charge in [-0.05, 0) is 48.6 Å². The van der Waals surface area contributed by atoms with E-state index in [1.54, 1.807) is 25.1 Å². The van der Waals surface area contributed by atoms with Gasteiger partial charge >= 0.3 is 0 Å². The first-order valence-electron chi connectivity index (χ1n) is 8.56. The molecule has 5 nitrogen and oxygen atoms in total. The van der Waals surface area contributed by atoms with Gasteiger partial charge in [-0.15, -0.1) is 0 Å². The van der Waals surface area contributed by atoms with Crippen LogP contribution in [0.3, 0.4) is 0 Å². The molecule has 0 aliphatic rings. The highest BCUT2D eigenvalue weighted by atomic mass is 19.1. The molecule has 0 saturated heterocycles. The van der Waals surface area contributed by atoms with Crippen molar-refractivity contribution in [1.82, 2.24) is 10.6 Å². The van der Waals surface area contributed by atoms with Crippen molar-refractivity contribution in [3.8, 4) is 0 Å². The fourth-order valence-electron chi connectivity index (χ4n) is 2.60. The summed E-state index contributed by atoms with van der Waals surface area (Å²) in [6.07, 6.45) is 2.07. The van der Waals surface area contributed by atoms with Crippen LogP contribution >= 0.6 is 0 Å². The average molecular weight is 360 g/mol. The lowest BCUT2D eigenvalue weighted by molar-refractivity contribution is -0.123. The smallest absolute Gasteiger partial charge is 0.287 e. The molecule has 2 aromatic rings. The van der Waals surface area contributed by atoms with Gasteiger partial charge in [-0.3, -0.25) is 9.59 Å². The van der Waals surface area contributed by atoms with Gasteiger partial charge in [0.25, 0.3) is 5.91 Å². The summed E-state index contributed by atoms with van der Waals surface area (Å²) in [4.78, 5) is 24.6. The first-order chi connectivity index (χ1) is 12.2. The van der Waals surface area contributed by atoms with Crippen LogP contribution in [0.2, 0.25) is 0 Å². The van der Waals surface area contributed by atoms with E-state index in [-0.39, 0.29) is 28.9 Å². The lowest BCUT2D eigenvalue weighted by Crippen LogP contribution is -2.46. The van der Waals surface area contributed by atoms with Crippen LogP contribution < -0.4 is 10.6 Å².